The fourth-order valence-electron chi connectivity index (χ4n) is 2.93. The van der Waals surface area contributed by atoms with Crippen molar-refractivity contribution in [3.63, 3.8) is 0 Å². The highest BCUT2D eigenvalue weighted by molar-refractivity contribution is 5.41. The minimum atomic E-state index is -0.0206. The first kappa shape index (κ1) is 15.4. The van der Waals surface area contributed by atoms with Gasteiger partial charge in [-0.05, 0) is 63.4 Å². The number of benzene rings is 1. The van der Waals surface area contributed by atoms with Crippen LogP contribution in [-0.4, -0.2) is 18.7 Å². The third-order valence-electron chi connectivity index (χ3n) is 3.95. The van der Waals surface area contributed by atoms with Crippen molar-refractivity contribution in [1.29, 1.82) is 0 Å². The number of nitrogens with one attached hydrogen (secondary N) is 1. The summed E-state index contributed by atoms with van der Waals surface area (Å²) >= 11 is 0. The van der Waals surface area contributed by atoms with E-state index in [1.165, 1.54) is 49.8 Å². The summed E-state index contributed by atoms with van der Waals surface area (Å²) < 4.78 is 5.92. The van der Waals surface area contributed by atoms with E-state index in [-0.39, 0.29) is 5.60 Å². The van der Waals surface area contributed by atoms with Gasteiger partial charge in [-0.15, -0.1) is 0 Å². The van der Waals surface area contributed by atoms with E-state index in [0.717, 1.165) is 18.7 Å². The molecule has 0 unspecified atom stereocenters. The SMILES string of the molecule is CCNCCCCCCc1ccc2c(c1)CC(C)(C)O2. The Morgan fingerprint density at radius 1 is 1.15 bits per heavy atom. The summed E-state index contributed by atoms with van der Waals surface area (Å²) in [5, 5.41) is 3.38. The molecule has 20 heavy (non-hydrogen) atoms. The average molecular weight is 275 g/mol. The number of fused-ring (bicyclic) bond motifs is 1. The zero-order valence-electron chi connectivity index (χ0n) is 13.3. The molecule has 0 saturated carbocycles. The fraction of sp³-hybridized carbons (Fsp3) is 0.667. The Morgan fingerprint density at radius 3 is 2.75 bits per heavy atom. The summed E-state index contributed by atoms with van der Waals surface area (Å²) in [4.78, 5) is 0. The van der Waals surface area contributed by atoms with Crippen LogP contribution < -0.4 is 10.1 Å². The Labute approximate surface area is 123 Å². The van der Waals surface area contributed by atoms with Crippen molar-refractivity contribution < 1.29 is 4.74 Å². The van der Waals surface area contributed by atoms with Crippen molar-refractivity contribution in [2.24, 2.45) is 0 Å². The van der Waals surface area contributed by atoms with Crippen molar-refractivity contribution in [3.8, 4) is 5.75 Å². The van der Waals surface area contributed by atoms with Gasteiger partial charge >= 0.3 is 0 Å². The topological polar surface area (TPSA) is 21.3 Å². The molecule has 112 valence electrons. The molecule has 0 aliphatic carbocycles. The molecule has 2 heteroatoms. The molecule has 1 aliphatic rings. The number of hydrogen-bond donors (Lipinski definition) is 1. The second-order valence-corrected chi connectivity index (χ2v) is 6.50. The first-order valence-electron chi connectivity index (χ1n) is 8.12. The molecule has 0 fully saturated rings. The van der Waals surface area contributed by atoms with Crippen LogP contribution in [0.2, 0.25) is 0 Å². The minimum Gasteiger partial charge on any atom is -0.487 e. The standard InChI is InChI=1S/C18H29NO/c1-4-19-12-8-6-5-7-9-15-10-11-17-16(13-15)14-18(2,3)20-17/h10-11,13,19H,4-9,12,14H2,1-3H3. The molecule has 2 rings (SSSR count). The van der Waals surface area contributed by atoms with Gasteiger partial charge in [-0.3, -0.25) is 0 Å². The highest BCUT2D eigenvalue weighted by Gasteiger charge is 2.29. The maximum atomic E-state index is 5.92. The van der Waals surface area contributed by atoms with E-state index in [1.54, 1.807) is 0 Å². The highest BCUT2D eigenvalue weighted by Crippen LogP contribution is 2.35. The molecule has 0 bridgehead atoms. The summed E-state index contributed by atoms with van der Waals surface area (Å²) in [6.07, 6.45) is 7.53. The third-order valence-corrected chi connectivity index (χ3v) is 3.95. The van der Waals surface area contributed by atoms with Crippen LogP contribution in [0.4, 0.5) is 0 Å². The maximum Gasteiger partial charge on any atom is 0.123 e. The smallest absolute Gasteiger partial charge is 0.123 e. The van der Waals surface area contributed by atoms with Crippen molar-refractivity contribution >= 4 is 0 Å². The van der Waals surface area contributed by atoms with Gasteiger partial charge in [0.2, 0.25) is 0 Å². The molecule has 2 nitrogen and oxygen atoms in total. The van der Waals surface area contributed by atoms with Crippen LogP contribution in [0, 0.1) is 0 Å². The van der Waals surface area contributed by atoms with Gasteiger partial charge in [-0.2, -0.15) is 0 Å². The second kappa shape index (κ2) is 7.12. The van der Waals surface area contributed by atoms with Crippen LogP contribution in [0.3, 0.4) is 0 Å². The van der Waals surface area contributed by atoms with Gasteiger partial charge in [0.1, 0.15) is 11.4 Å². The van der Waals surface area contributed by atoms with E-state index in [1.807, 2.05) is 0 Å². The van der Waals surface area contributed by atoms with Crippen LogP contribution in [0.1, 0.15) is 57.6 Å². The summed E-state index contributed by atoms with van der Waals surface area (Å²) in [5.41, 5.74) is 2.84. The molecule has 0 aromatic heterocycles. The molecular formula is C18H29NO. The van der Waals surface area contributed by atoms with Gasteiger partial charge in [0.05, 0.1) is 0 Å². The van der Waals surface area contributed by atoms with E-state index in [9.17, 15) is 0 Å². The first-order valence-corrected chi connectivity index (χ1v) is 8.12. The third kappa shape index (κ3) is 4.52. The van der Waals surface area contributed by atoms with Crippen molar-refractivity contribution in [1.82, 2.24) is 5.32 Å². The van der Waals surface area contributed by atoms with Gasteiger partial charge in [0.25, 0.3) is 0 Å². The summed E-state index contributed by atoms with van der Waals surface area (Å²) in [5.74, 6) is 1.09. The quantitative estimate of drug-likeness (QED) is 0.721. The molecule has 0 saturated heterocycles. The van der Waals surface area contributed by atoms with E-state index < -0.39 is 0 Å². The molecule has 0 amide bonds. The highest BCUT2D eigenvalue weighted by atomic mass is 16.5. The molecule has 0 spiro atoms. The molecule has 0 radical (unpaired) electrons. The van der Waals surface area contributed by atoms with Gasteiger partial charge in [0, 0.05) is 6.42 Å². The van der Waals surface area contributed by atoms with Crippen LogP contribution in [-0.2, 0) is 12.8 Å². The summed E-state index contributed by atoms with van der Waals surface area (Å²) in [7, 11) is 0. The monoisotopic (exact) mass is 275 g/mol. The average Bonchev–Trinajstić information content (AvgIpc) is 2.71. The first-order chi connectivity index (χ1) is 9.61. The van der Waals surface area contributed by atoms with E-state index in [4.69, 9.17) is 4.74 Å². The second-order valence-electron chi connectivity index (χ2n) is 6.50. The zero-order valence-corrected chi connectivity index (χ0v) is 13.3. The largest absolute Gasteiger partial charge is 0.487 e. The van der Waals surface area contributed by atoms with Gasteiger partial charge in [0.15, 0.2) is 0 Å². The number of hydrogen-bond acceptors (Lipinski definition) is 2. The summed E-state index contributed by atoms with van der Waals surface area (Å²) in [6.45, 7) is 8.75. The molecule has 1 aromatic carbocycles. The predicted octanol–water partition coefficient (Wildman–Crippen LogP) is 4.11. The Balaban J connectivity index is 1.70. The zero-order chi connectivity index (χ0) is 14.4. The Morgan fingerprint density at radius 2 is 1.95 bits per heavy atom. The minimum absolute atomic E-state index is 0.0206. The molecule has 0 atom stereocenters. The summed E-state index contributed by atoms with van der Waals surface area (Å²) in [6, 6.07) is 6.74. The van der Waals surface area contributed by atoms with Crippen LogP contribution in [0.5, 0.6) is 5.75 Å². The lowest BCUT2D eigenvalue weighted by Crippen LogP contribution is -2.24. The Kier molecular flexibility index (Phi) is 5.47. The van der Waals surface area contributed by atoms with E-state index >= 15 is 0 Å². The molecular weight excluding hydrogens is 246 g/mol. The van der Waals surface area contributed by atoms with Gasteiger partial charge < -0.3 is 10.1 Å². The van der Waals surface area contributed by atoms with Crippen molar-refractivity contribution in [3.05, 3.63) is 29.3 Å². The lowest BCUT2D eigenvalue weighted by Gasteiger charge is -2.16. The fourth-order valence-corrected chi connectivity index (χ4v) is 2.93. The van der Waals surface area contributed by atoms with E-state index in [0.29, 0.717) is 0 Å². The van der Waals surface area contributed by atoms with Crippen molar-refractivity contribution in [2.45, 2.75) is 64.9 Å². The van der Waals surface area contributed by atoms with E-state index in [2.05, 4.69) is 44.3 Å². The van der Waals surface area contributed by atoms with Crippen molar-refractivity contribution in [2.75, 3.05) is 13.1 Å². The van der Waals surface area contributed by atoms with Gasteiger partial charge in [-0.1, -0.05) is 31.9 Å². The normalized spacial score (nSPS) is 15.9. The molecule has 1 aliphatic heterocycles. The molecule has 1 aromatic rings. The van der Waals surface area contributed by atoms with Crippen LogP contribution >= 0.6 is 0 Å². The lowest BCUT2D eigenvalue weighted by atomic mass is 9.98. The number of unbranched alkanes of at least 4 members (excludes halogenated alkanes) is 3. The Hall–Kier alpha value is -1.02. The number of aryl methyl sites for hydroxylation is 1. The Bertz CT molecular complexity index is 425. The lowest BCUT2D eigenvalue weighted by molar-refractivity contribution is 0.138. The number of ether oxygens (including phenoxy) is 1. The van der Waals surface area contributed by atoms with Gasteiger partial charge in [-0.25, -0.2) is 0 Å². The molecule has 1 heterocycles. The van der Waals surface area contributed by atoms with Crippen LogP contribution in [0.15, 0.2) is 18.2 Å². The van der Waals surface area contributed by atoms with Crippen LogP contribution in [0.25, 0.3) is 0 Å². The predicted molar refractivity (Wildman–Crippen MR) is 85.6 cm³/mol. The number of rotatable bonds is 8. The maximum absolute atomic E-state index is 5.92. The molecule has 1 N–H and O–H groups in total.